The van der Waals surface area contributed by atoms with E-state index >= 15 is 0 Å². The largest absolute Gasteiger partial charge is 0.478 e. The summed E-state index contributed by atoms with van der Waals surface area (Å²) in [5.41, 5.74) is 1.14. The molecule has 0 aliphatic rings. The van der Waals surface area contributed by atoms with E-state index in [1.807, 2.05) is 24.3 Å². The number of aromatic carboxylic acids is 1. The number of carboxylic acids is 1. The van der Waals surface area contributed by atoms with E-state index in [4.69, 9.17) is 0 Å². The van der Waals surface area contributed by atoms with E-state index in [-0.39, 0.29) is 15.5 Å². The Morgan fingerprint density at radius 2 is 1.75 bits per heavy atom. The Balaban J connectivity index is 2.10. The third kappa shape index (κ3) is 2.88. The van der Waals surface area contributed by atoms with Gasteiger partial charge in [0.1, 0.15) is 4.21 Å². The van der Waals surface area contributed by atoms with Crippen molar-refractivity contribution in [3.05, 3.63) is 59.2 Å². The number of hydrogen-bond acceptors (Lipinski definition) is 4. The minimum Gasteiger partial charge on any atom is -0.478 e. The number of nitrogens with one attached hydrogen (secondary N) is 1. The average Bonchev–Trinajstić information content (AvgIpc) is 2.95. The summed E-state index contributed by atoms with van der Waals surface area (Å²) in [6, 6.07) is 12.3. The fraction of sp³-hybridized carbons (Fsp3) is 0.118. The molecular formula is C17H15NO4S2. The summed E-state index contributed by atoms with van der Waals surface area (Å²) in [7, 11) is -3.87. The number of benzene rings is 2. The summed E-state index contributed by atoms with van der Waals surface area (Å²) in [6.45, 7) is 3.31. The first-order valence-corrected chi connectivity index (χ1v) is 9.44. The Bertz CT molecular complexity index is 1020. The van der Waals surface area contributed by atoms with Crippen molar-refractivity contribution < 1.29 is 18.3 Å². The fourth-order valence-electron chi connectivity index (χ4n) is 2.49. The molecule has 3 rings (SSSR count). The number of fused-ring (bicyclic) bond motifs is 1. The van der Waals surface area contributed by atoms with Gasteiger partial charge in [-0.25, -0.2) is 13.2 Å². The number of anilines is 1. The molecule has 1 aromatic heterocycles. The van der Waals surface area contributed by atoms with Crippen LogP contribution >= 0.6 is 11.3 Å². The van der Waals surface area contributed by atoms with E-state index in [9.17, 15) is 18.3 Å². The van der Waals surface area contributed by atoms with Gasteiger partial charge in [0.15, 0.2) is 0 Å². The molecule has 124 valence electrons. The summed E-state index contributed by atoms with van der Waals surface area (Å²) in [5.74, 6) is -1.16. The molecule has 3 aromatic rings. The lowest BCUT2D eigenvalue weighted by Gasteiger charge is -2.14. The van der Waals surface area contributed by atoms with E-state index in [1.54, 1.807) is 32.0 Å². The summed E-state index contributed by atoms with van der Waals surface area (Å²) in [6.07, 6.45) is 0. The van der Waals surface area contributed by atoms with Crippen molar-refractivity contribution in [2.24, 2.45) is 0 Å². The highest BCUT2D eigenvalue weighted by Crippen LogP contribution is 2.32. The lowest BCUT2D eigenvalue weighted by molar-refractivity contribution is 0.0697. The Kier molecular flexibility index (Phi) is 4.06. The summed E-state index contributed by atoms with van der Waals surface area (Å²) >= 11 is 1.15. The average molecular weight is 361 g/mol. The third-order valence-electron chi connectivity index (χ3n) is 3.74. The minimum atomic E-state index is -3.87. The lowest BCUT2D eigenvalue weighted by Crippen LogP contribution is -2.16. The van der Waals surface area contributed by atoms with E-state index in [2.05, 4.69) is 4.72 Å². The molecule has 0 bridgehead atoms. The van der Waals surface area contributed by atoms with Crippen molar-refractivity contribution in [2.45, 2.75) is 18.1 Å². The molecule has 0 fully saturated rings. The Hall–Kier alpha value is -2.38. The first kappa shape index (κ1) is 16.5. The van der Waals surface area contributed by atoms with Crippen LogP contribution in [0.25, 0.3) is 10.1 Å². The van der Waals surface area contributed by atoms with Gasteiger partial charge in [0.2, 0.25) is 0 Å². The van der Waals surface area contributed by atoms with E-state index < -0.39 is 16.0 Å². The molecule has 1 heterocycles. The summed E-state index contributed by atoms with van der Waals surface area (Å²) in [5, 5.41) is 10.3. The number of carbonyl (C=O) groups is 1. The van der Waals surface area contributed by atoms with Crippen LogP contribution in [-0.2, 0) is 10.0 Å². The molecular weight excluding hydrogens is 346 g/mol. The molecule has 2 N–H and O–H groups in total. The summed E-state index contributed by atoms with van der Waals surface area (Å²) in [4.78, 5) is 11.5. The molecule has 2 aromatic carbocycles. The SMILES string of the molecule is Cc1ccc(C)c(C(=O)O)c1NS(=O)(=O)c1cc2ccccc2s1. The molecule has 7 heteroatoms. The maximum Gasteiger partial charge on any atom is 0.338 e. The number of rotatable bonds is 4. The van der Waals surface area contributed by atoms with Gasteiger partial charge in [-0.1, -0.05) is 30.3 Å². The van der Waals surface area contributed by atoms with Crippen LogP contribution in [0.2, 0.25) is 0 Å². The third-order valence-corrected chi connectivity index (χ3v) is 6.68. The molecule has 0 atom stereocenters. The van der Waals surface area contributed by atoms with Gasteiger partial charge in [0.05, 0.1) is 11.3 Å². The fourth-order valence-corrected chi connectivity index (χ4v) is 5.03. The molecule has 0 saturated carbocycles. The maximum atomic E-state index is 12.7. The number of sulfonamides is 1. The predicted molar refractivity (Wildman–Crippen MR) is 95.5 cm³/mol. The van der Waals surface area contributed by atoms with Gasteiger partial charge in [0, 0.05) is 4.70 Å². The zero-order chi connectivity index (χ0) is 17.5. The van der Waals surface area contributed by atoms with Crippen LogP contribution in [0.3, 0.4) is 0 Å². The smallest absolute Gasteiger partial charge is 0.338 e. The van der Waals surface area contributed by atoms with Gasteiger partial charge < -0.3 is 5.11 Å². The normalized spacial score (nSPS) is 11.6. The predicted octanol–water partition coefficient (Wildman–Crippen LogP) is 4.02. The van der Waals surface area contributed by atoms with Crippen LogP contribution < -0.4 is 4.72 Å². The Morgan fingerprint density at radius 3 is 2.42 bits per heavy atom. The quantitative estimate of drug-likeness (QED) is 0.735. The highest BCUT2D eigenvalue weighted by Gasteiger charge is 2.23. The van der Waals surface area contributed by atoms with Gasteiger partial charge in [-0.3, -0.25) is 4.72 Å². The van der Waals surface area contributed by atoms with Crippen molar-refractivity contribution in [1.82, 2.24) is 0 Å². The zero-order valence-corrected chi connectivity index (χ0v) is 14.7. The Morgan fingerprint density at radius 1 is 1.08 bits per heavy atom. The first-order chi connectivity index (χ1) is 11.3. The standard InChI is InChI=1S/C17H15NO4S2/c1-10-7-8-11(2)16(15(10)17(19)20)18-24(21,22)14-9-12-5-3-4-6-13(12)23-14/h3-9,18H,1-2H3,(H,19,20). The van der Waals surface area contributed by atoms with Gasteiger partial charge in [-0.05, 0) is 42.5 Å². The van der Waals surface area contributed by atoms with Crippen LogP contribution in [0.4, 0.5) is 5.69 Å². The molecule has 0 aliphatic heterocycles. The van der Waals surface area contributed by atoms with Gasteiger partial charge >= 0.3 is 5.97 Å². The molecule has 0 spiro atoms. The lowest BCUT2D eigenvalue weighted by atomic mass is 10.0. The van der Waals surface area contributed by atoms with Crippen LogP contribution in [0.5, 0.6) is 0 Å². The van der Waals surface area contributed by atoms with E-state index in [0.29, 0.717) is 11.1 Å². The molecule has 0 saturated heterocycles. The number of aryl methyl sites for hydroxylation is 2. The van der Waals surface area contributed by atoms with Crippen LogP contribution in [-0.4, -0.2) is 19.5 Å². The minimum absolute atomic E-state index is 0.0281. The zero-order valence-electron chi connectivity index (χ0n) is 13.0. The molecule has 0 unspecified atom stereocenters. The highest BCUT2D eigenvalue weighted by atomic mass is 32.2. The Labute approximate surface area is 143 Å². The van der Waals surface area contributed by atoms with E-state index in [1.165, 1.54) is 0 Å². The molecule has 0 radical (unpaired) electrons. The molecule has 5 nitrogen and oxygen atoms in total. The topological polar surface area (TPSA) is 83.5 Å². The van der Waals surface area contributed by atoms with Gasteiger partial charge in [0.25, 0.3) is 10.0 Å². The molecule has 0 amide bonds. The van der Waals surface area contributed by atoms with Crippen LogP contribution in [0, 0.1) is 13.8 Å². The van der Waals surface area contributed by atoms with Crippen LogP contribution in [0.15, 0.2) is 46.7 Å². The monoisotopic (exact) mass is 361 g/mol. The van der Waals surface area contributed by atoms with Crippen molar-refractivity contribution in [1.29, 1.82) is 0 Å². The van der Waals surface area contributed by atoms with Crippen molar-refractivity contribution in [3.8, 4) is 0 Å². The number of hydrogen-bond donors (Lipinski definition) is 2. The molecule has 24 heavy (non-hydrogen) atoms. The van der Waals surface area contributed by atoms with Crippen molar-refractivity contribution in [2.75, 3.05) is 4.72 Å². The summed E-state index contributed by atoms with van der Waals surface area (Å²) < 4.78 is 28.9. The van der Waals surface area contributed by atoms with Gasteiger partial charge in [-0.15, -0.1) is 11.3 Å². The maximum absolute atomic E-state index is 12.7. The molecule has 0 aliphatic carbocycles. The van der Waals surface area contributed by atoms with Crippen LogP contribution in [0.1, 0.15) is 21.5 Å². The van der Waals surface area contributed by atoms with Crippen molar-refractivity contribution >= 4 is 43.1 Å². The second kappa shape index (κ2) is 5.92. The van der Waals surface area contributed by atoms with Crippen molar-refractivity contribution in [3.63, 3.8) is 0 Å². The second-order valence-corrected chi connectivity index (χ2v) is 8.46. The number of carboxylic acid groups (broad SMARTS) is 1. The first-order valence-electron chi connectivity index (χ1n) is 7.14. The second-order valence-electron chi connectivity index (χ2n) is 5.46. The van der Waals surface area contributed by atoms with E-state index in [0.717, 1.165) is 21.4 Å². The van der Waals surface area contributed by atoms with Gasteiger partial charge in [-0.2, -0.15) is 0 Å². The number of thiophene rings is 1. The highest BCUT2D eigenvalue weighted by molar-refractivity contribution is 7.94.